The van der Waals surface area contributed by atoms with Gasteiger partial charge in [0.1, 0.15) is 11.5 Å². The zero-order chi connectivity index (χ0) is 21.6. The van der Waals surface area contributed by atoms with E-state index < -0.39 is 17.7 Å². The predicted molar refractivity (Wildman–Crippen MR) is 114 cm³/mol. The van der Waals surface area contributed by atoms with Gasteiger partial charge in [0.2, 0.25) is 0 Å². The highest BCUT2D eigenvalue weighted by molar-refractivity contribution is 6.51. The number of rotatable bonds is 3. The summed E-state index contributed by atoms with van der Waals surface area (Å²) in [5.41, 5.74) is 0.694. The predicted octanol–water partition coefficient (Wildman–Crippen LogP) is 5.57. The van der Waals surface area contributed by atoms with Crippen molar-refractivity contribution in [2.45, 2.75) is 13.0 Å². The summed E-state index contributed by atoms with van der Waals surface area (Å²) in [4.78, 5) is 27.0. The minimum Gasteiger partial charge on any atom is -0.507 e. The van der Waals surface area contributed by atoms with Gasteiger partial charge in [0.25, 0.3) is 5.78 Å². The lowest BCUT2D eigenvalue weighted by Crippen LogP contribution is -2.29. The van der Waals surface area contributed by atoms with Crippen LogP contribution in [0.5, 0.6) is 0 Å². The smallest absolute Gasteiger partial charge is 0.301 e. The largest absolute Gasteiger partial charge is 0.507 e. The standard InChI is InChI=1S/C21H13Cl3N2O4/c1-10-8-16(25-30-10)26-18(12-4-7-14(23)15(24)9-12)17(20(28)21(26)29)19(27)11-2-5-13(22)6-3-11/h2-9,18,27H,1H3/b19-17+/t18-/m1/s1. The lowest BCUT2D eigenvalue weighted by molar-refractivity contribution is -0.132. The van der Waals surface area contributed by atoms with E-state index in [9.17, 15) is 14.7 Å². The number of amides is 1. The molecule has 1 atom stereocenters. The molecule has 1 aromatic heterocycles. The van der Waals surface area contributed by atoms with Crippen molar-refractivity contribution in [2.75, 3.05) is 4.90 Å². The molecule has 1 aliphatic rings. The Balaban J connectivity index is 1.96. The first-order chi connectivity index (χ1) is 14.3. The summed E-state index contributed by atoms with van der Waals surface area (Å²) in [6, 6.07) is 11.5. The van der Waals surface area contributed by atoms with Gasteiger partial charge in [-0.2, -0.15) is 0 Å². The molecule has 2 heterocycles. The molecule has 1 aliphatic heterocycles. The van der Waals surface area contributed by atoms with E-state index in [-0.39, 0.29) is 22.2 Å². The number of hydrogen-bond acceptors (Lipinski definition) is 5. The van der Waals surface area contributed by atoms with Crippen LogP contribution >= 0.6 is 34.8 Å². The minimum atomic E-state index is -0.986. The number of ketones is 1. The number of halogens is 3. The van der Waals surface area contributed by atoms with Crippen molar-refractivity contribution in [3.05, 3.63) is 86.1 Å². The average Bonchev–Trinajstić information content (AvgIpc) is 3.25. The Morgan fingerprint density at radius 1 is 1.03 bits per heavy atom. The molecule has 30 heavy (non-hydrogen) atoms. The van der Waals surface area contributed by atoms with Gasteiger partial charge in [-0.05, 0) is 48.9 Å². The summed E-state index contributed by atoms with van der Waals surface area (Å²) < 4.78 is 5.09. The summed E-state index contributed by atoms with van der Waals surface area (Å²) in [6.07, 6.45) is 0. The van der Waals surface area contributed by atoms with E-state index in [4.69, 9.17) is 39.3 Å². The Labute approximate surface area is 186 Å². The molecule has 0 spiro atoms. The van der Waals surface area contributed by atoms with Crippen molar-refractivity contribution in [3.63, 3.8) is 0 Å². The number of hydrogen-bond donors (Lipinski definition) is 1. The molecule has 9 heteroatoms. The number of anilines is 1. The first-order valence-electron chi connectivity index (χ1n) is 8.73. The minimum absolute atomic E-state index is 0.110. The van der Waals surface area contributed by atoms with Gasteiger partial charge < -0.3 is 9.63 Å². The number of aliphatic hydroxyl groups is 1. The third kappa shape index (κ3) is 3.47. The molecule has 4 rings (SSSR count). The third-order valence-corrected chi connectivity index (χ3v) is 5.67. The van der Waals surface area contributed by atoms with Crippen molar-refractivity contribution in [2.24, 2.45) is 0 Å². The van der Waals surface area contributed by atoms with Crippen LogP contribution in [0.15, 0.2) is 58.6 Å². The molecule has 0 radical (unpaired) electrons. The monoisotopic (exact) mass is 462 g/mol. The van der Waals surface area contributed by atoms with Gasteiger partial charge in [0, 0.05) is 16.7 Å². The average molecular weight is 464 g/mol. The van der Waals surface area contributed by atoms with Gasteiger partial charge in [0.05, 0.1) is 21.7 Å². The second-order valence-electron chi connectivity index (χ2n) is 6.65. The molecule has 152 valence electrons. The number of benzene rings is 2. The van der Waals surface area contributed by atoms with Crippen molar-refractivity contribution in [1.29, 1.82) is 0 Å². The molecule has 0 bridgehead atoms. The number of carbonyl (C=O) groups is 2. The maximum absolute atomic E-state index is 13.0. The first kappa shape index (κ1) is 20.5. The summed E-state index contributed by atoms with van der Waals surface area (Å²) in [7, 11) is 0. The number of aliphatic hydroxyl groups excluding tert-OH is 1. The molecule has 1 saturated heterocycles. The van der Waals surface area contributed by atoms with Crippen LogP contribution in [0.2, 0.25) is 15.1 Å². The highest BCUT2D eigenvalue weighted by Crippen LogP contribution is 2.43. The maximum Gasteiger partial charge on any atom is 0.301 e. The quantitative estimate of drug-likeness (QED) is 0.312. The summed E-state index contributed by atoms with van der Waals surface area (Å²) in [6.45, 7) is 1.66. The van der Waals surface area contributed by atoms with Crippen molar-refractivity contribution in [1.82, 2.24) is 5.16 Å². The van der Waals surface area contributed by atoms with Crippen LogP contribution in [-0.2, 0) is 9.59 Å². The van der Waals surface area contributed by atoms with E-state index in [1.807, 2.05) is 0 Å². The van der Waals surface area contributed by atoms with Gasteiger partial charge in [-0.1, -0.05) is 46.0 Å². The van der Waals surface area contributed by atoms with Crippen molar-refractivity contribution >= 4 is 58.1 Å². The summed E-state index contributed by atoms with van der Waals surface area (Å²) in [5, 5.41) is 15.8. The van der Waals surface area contributed by atoms with Gasteiger partial charge >= 0.3 is 5.91 Å². The molecule has 1 amide bonds. The molecular formula is C21H13Cl3N2O4. The van der Waals surface area contributed by atoms with Crippen LogP contribution in [0.4, 0.5) is 5.82 Å². The van der Waals surface area contributed by atoms with E-state index in [1.54, 1.807) is 43.3 Å². The highest BCUT2D eigenvalue weighted by Gasteiger charge is 2.48. The zero-order valence-electron chi connectivity index (χ0n) is 15.4. The zero-order valence-corrected chi connectivity index (χ0v) is 17.7. The molecule has 1 fully saturated rings. The van der Waals surface area contributed by atoms with Crippen LogP contribution in [0, 0.1) is 6.92 Å². The van der Waals surface area contributed by atoms with E-state index in [0.717, 1.165) is 0 Å². The molecular weight excluding hydrogens is 451 g/mol. The molecule has 3 aromatic rings. The second kappa shape index (κ2) is 7.80. The Morgan fingerprint density at radius 3 is 2.33 bits per heavy atom. The third-order valence-electron chi connectivity index (χ3n) is 4.68. The van der Waals surface area contributed by atoms with Crippen molar-refractivity contribution in [3.8, 4) is 0 Å². The van der Waals surface area contributed by atoms with E-state index in [0.29, 0.717) is 26.9 Å². The number of aromatic nitrogens is 1. The molecule has 2 aromatic carbocycles. The van der Waals surface area contributed by atoms with Crippen LogP contribution in [0.25, 0.3) is 5.76 Å². The fourth-order valence-electron chi connectivity index (χ4n) is 3.30. The lowest BCUT2D eigenvalue weighted by Gasteiger charge is -2.23. The molecule has 0 unspecified atom stereocenters. The number of Topliss-reactive ketones (excluding diaryl/α,β-unsaturated/α-hetero) is 1. The van der Waals surface area contributed by atoms with E-state index in [1.165, 1.54) is 17.0 Å². The maximum atomic E-state index is 13.0. The SMILES string of the molecule is Cc1cc(N2C(=O)C(=O)/C(=C(/O)c3ccc(Cl)cc3)[C@H]2c2ccc(Cl)c(Cl)c2)no1. The Hall–Kier alpha value is -2.80. The Kier molecular flexibility index (Phi) is 5.32. The summed E-state index contributed by atoms with van der Waals surface area (Å²) >= 11 is 18.1. The fourth-order valence-corrected chi connectivity index (χ4v) is 3.73. The van der Waals surface area contributed by atoms with Gasteiger partial charge in [-0.3, -0.25) is 14.5 Å². The number of aryl methyl sites for hydroxylation is 1. The molecule has 1 N–H and O–H groups in total. The lowest BCUT2D eigenvalue weighted by atomic mass is 9.95. The van der Waals surface area contributed by atoms with Crippen LogP contribution in [0.1, 0.15) is 22.9 Å². The van der Waals surface area contributed by atoms with Gasteiger partial charge in [-0.15, -0.1) is 0 Å². The van der Waals surface area contributed by atoms with E-state index >= 15 is 0 Å². The number of nitrogens with zero attached hydrogens (tertiary/aromatic N) is 2. The topological polar surface area (TPSA) is 83.6 Å². The normalized spacial score (nSPS) is 18.3. The van der Waals surface area contributed by atoms with Gasteiger partial charge in [0.15, 0.2) is 5.82 Å². The van der Waals surface area contributed by atoms with E-state index in [2.05, 4.69) is 5.16 Å². The van der Waals surface area contributed by atoms with Crippen LogP contribution < -0.4 is 4.90 Å². The van der Waals surface area contributed by atoms with Crippen molar-refractivity contribution < 1.29 is 19.2 Å². The Morgan fingerprint density at radius 2 is 1.73 bits per heavy atom. The molecule has 0 saturated carbocycles. The Bertz CT molecular complexity index is 1200. The molecule has 0 aliphatic carbocycles. The number of carbonyl (C=O) groups excluding carboxylic acids is 2. The fraction of sp³-hybridized carbons (Fsp3) is 0.0952. The summed E-state index contributed by atoms with van der Waals surface area (Å²) in [5.74, 6) is -1.46. The first-order valence-corrected chi connectivity index (χ1v) is 9.86. The molecule has 6 nitrogen and oxygen atoms in total. The highest BCUT2D eigenvalue weighted by atomic mass is 35.5. The van der Waals surface area contributed by atoms with Gasteiger partial charge in [-0.25, -0.2) is 0 Å². The second-order valence-corrected chi connectivity index (χ2v) is 7.90. The van der Waals surface area contributed by atoms with Crippen LogP contribution in [0.3, 0.4) is 0 Å². The van der Waals surface area contributed by atoms with Crippen LogP contribution in [-0.4, -0.2) is 22.0 Å².